The third-order valence-electron chi connectivity index (χ3n) is 4.47. The molecule has 4 rings (SSSR count). The average molecular weight is 512 g/mol. The van der Waals surface area contributed by atoms with E-state index in [4.69, 9.17) is 4.74 Å². The number of hydrogen-bond acceptors (Lipinski definition) is 10. The molecular weight excluding hydrogens is 490 g/mol. The maximum Gasteiger partial charge on any atom is 0.311 e. The number of carbonyl (C=O) groups is 2. The molecule has 11 heteroatoms. The van der Waals surface area contributed by atoms with Crippen LogP contribution in [0.25, 0.3) is 21.1 Å². The summed E-state index contributed by atoms with van der Waals surface area (Å²) in [6.45, 7) is 4.04. The van der Waals surface area contributed by atoms with E-state index in [-0.39, 0.29) is 24.1 Å². The highest BCUT2D eigenvalue weighted by Crippen LogP contribution is 2.34. The Morgan fingerprint density at radius 2 is 1.91 bits per heavy atom. The van der Waals surface area contributed by atoms with Crippen LogP contribution in [-0.4, -0.2) is 44.4 Å². The number of nitrogens with zero attached hydrogens (tertiary/aromatic N) is 4. The van der Waals surface area contributed by atoms with Crippen molar-refractivity contribution < 1.29 is 14.3 Å². The van der Waals surface area contributed by atoms with Crippen molar-refractivity contribution >= 4 is 51.4 Å². The normalized spacial score (nSPS) is 10.8. The number of anilines is 1. The maximum absolute atomic E-state index is 12.3. The standard InChI is InChI=1S/C23H21N5O3S3/c1-3-31-20(30)11-16-12-33-23(25-16)26-18(29)13-32-19-10-9-17(27-28-19)21-14(2)24-22(34-21)15-7-5-4-6-8-15/h4-10,12H,3,11,13H2,1-2H3,(H,25,26,29). The molecule has 1 N–H and O–H groups in total. The topological polar surface area (TPSA) is 107 Å². The van der Waals surface area contributed by atoms with Gasteiger partial charge in [-0.2, -0.15) is 0 Å². The van der Waals surface area contributed by atoms with Gasteiger partial charge in [0, 0.05) is 10.9 Å². The summed E-state index contributed by atoms with van der Waals surface area (Å²) in [4.78, 5) is 33.7. The Bertz CT molecular complexity index is 1270. The van der Waals surface area contributed by atoms with E-state index in [0.29, 0.717) is 22.5 Å². The van der Waals surface area contributed by atoms with Crippen molar-refractivity contribution in [2.24, 2.45) is 0 Å². The lowest BCUT2D eigenvalue weighted by Gasteiger charge is -2.02. The number of esters is 1. The van der Waals surface area contributed by atoms with Crippen molar-refractivity contribution in [2.45, 2.75) is 25.3 Å². The highest BCUT2D eigenvalue weighted by molar-refractivity contribution is 7.99. The summed E-state index contributed by atoms with van der Waals surface area (Å²) in [7, 11) is 0. The summed E-state index contributed by atoms with van der Waals surface area (Å²) < 4.78 is 4.91. The maximum atomic E-state index is 12.3. The first-order valence-electron chi connectivity index (χ1n) is 10.4. The van der Waals surface area contributed by atoms with Gasteiger partial charge in [-0.1, -0.05) is 42.1 Å². The number of aromatic nitrogens is 4. The van der Waals surface area contributed by atoms with Crippen LogP contribution in [0.5, 0.6) is 0 Å². The van der Waals surface area contributed by atoms with Gasteiger partial charge in [0.1, 0.15) is 15.7 Å². The van der Waals surface area contributed by atoms with Gasteiger partial charge >= 0.3 is 5.97 Å². The third kappa shape index (κ3) is 6.25. The molecule has 0 fully saturated rings. The zero-order valence-electron chi connectivity index (χ0n) is 18.5. The van der Waals surface area contributed by atoms with Crippen LogP contribution in [0.2, 0.25) is 0 Å². The van der Waals surface area contributed by atoms with E-state index in [1.807, 2.05) is 49.4 Å². The number of benzene rings is 1. The Morgan fingerprint density at radius 3 is 2.65 bits per heavy atom. The van der Waals surface area contributed by atoms with E-state index in [2.05, 4.69) is 25.5 Å². The smallest absolute Gasteiger partial charge is 0.311 e. The van der Waals surface area contributed by atoms with Crippen molar-refractivity contribution in [3.8, 4) is 21.1 Å². The van der Waals surface area contributed by atoms with Gasteiger partial charge in [0.15, 0.2) is 5.13 Å². The molecule has 0 aliphatic rings. The molecule has 3 aromatic heterocycles. The van der Waals surface area contributed by atoms with Crippen LogP contribution in [-0.2, 0) is 20.7 Å². The third-order valence-corrected chi connectivity index (χ3v) is 7.43. The number of ether oxygens (including phenoxy) is 1. The van der Waals surface area contributed by atoms with Crippen LogP contribution in [0.3, 0.4) is 0 Å². The number of hydrogen-bond donors (Lipinski definition) is 1. The molecule has 8 nitrogen and oxygen atoms in total. The highest BCUT2D eigenvalue weighted by Gasteiger charge is 2.14. The lowest BCUT2D eigenvalue weighted by Crippen LogP contribution is -2.14. The molecule has 0 saturated heterocycles. The van der Waals surface area contributed by atoms with Gasteiger partial charge in [-0.25, -0.2) is 9.97 Å². The molecule has 0 saturated carbocycles. The van der Waals surface area contributed by atoms with Gasteiger partial charge in [0.05, 0.1) is 35.0 Å². The molecule has 4 aromatic rings. The van der Waals surface area contributed by atoms with Gasteiger partial charge in [0.2, 0.25) is 5.91 Å². The Morgan fingerprint density at radius 1 is 1.09 bits per heavy atom. The summed E-state index contributed by atoms with van der Waals surface area (Å²) in [6.07, 6.45) is 0.0863. The number of nitrogens with one attached hydrogen (secondary N) is 1. The number of thioether (sulfide) groups is 1. The Labute approximate surface area is 208 Å². The Kier molecular flexibility index (Phi) is 7.99. The van der Waals surface area contributed by atoms with E-state index >= 15 is 0 Å². The van der Waals surface area contributed by atoms with Gasteiger partial charge in [-0.05, 0) is 26.0 Å². The lowest BCUT2D eigenvalue weighted by atomic mass is 10.2. The Hall–Kier alpha value is -3.15. The van der Waals surface area contributed by atoms with Crippen molar-refractivity contribution in [1.82, 2.24) is 20.2 Å². The van der Waals surface area contributed by atoms with Crippen molar-refractivity contribution in [1.29, 1.82) is 0 Å². The van der Waals surface area contributed by atoms with Crippen LogP contribution in [0.1, 0.15) is 18.3 Å². The molecule has 0 aliphatic heterocycles. The van der Waals surface area contributed by atoms with Crippen molar-refractivity contribution in [2.75, 3.05) is 17.7 Å². The second kappa shape index (κ2) is 11.3. The molecule has 0 aliphatic carbocycles. The summed E-state index contributed by atoms with van der Waals surface area (Å²) in [5.74, 6) is -0.384. The molecule has 0 spiro atoms. The number of carbonyl (C=O) groups excluding carboxylic acids is 2. The molecule has 1 aromatic carbocycles. The van der Waals surface area contributed by atoms with E-state index in [9.17, 15) is 9.59 Å². The fourth-order valence-electron chi connectivity index (χ4n) is 2.96. The van der Waals surface area contributed by atoms with E-state index in [1.54, 1.807) is 23.6 Å². The SMILES string of the molecule is CCOC(=O)Cc1csc(NC(=O)CSc2ccc(-c3sc(-c4ccccc4)nc3C)nn2)n1. The van der Waals surface area contributed by atoms with E-state index in [1.165, 1.54) is 23.1 Å². The van der Waals surface area contributed by atoms with Crippen molar-refractivity contribution in [3.05, 3.63) is 59.2 Å². The highest BCUT2D eigenvalue weighted by atomic mass is 32.2. The zero-order valence-corrected chi connectivity index (χ0v) is 20.9. The first-order valence-corrected chi connectivity index (χ1v) is 13.1. The predicted molar refractivity (Wildman–Crippen MR) is 135 cm³/mol. The quantitative estimate of drug-likeness (QED) is 0.251. The monoisotopic (exact) mass is 511 g/mol. The second-order valence-corrected chi connectivity index (χ2v) is 9.87. The van der Waals surface area contributed by atoms with Crippen molar-refractivity contribution in [3.63, 3.8) is 0 Å². The summed E-state index contributed by atoms with van der Waals surface area (Å²) in [5.41, 5.74) is 3.30. The number of rotatable bonds is 9. The largest absolute Gasteiger partial charge is 0.466 e. The molecule has 0 bridgehead atoms. The molecular formula is C23H21N5O3S3. The van der Waals surface area contributed by atoms with Gasteiger partial charge in [-0.3, -0.25) is 9.59 Å². The Balaban J connectivity index is 1.31. The minimum Gasteiger partial charge on any atom is -0.466 e. The lowest BCUT2D eigenvalue weighted by molar-refractivity contribution is -0.142. The van der Waals surface area contributed by atoms with E-state index < -0.39 is 0 Å². The molecule has 0 radical (unpaired) electrons. The van der Waals surface area contributed by atoms with Crippen LogP contribution < -0.4 is 5.32 Å². The number of aryl methyl sites for hydroxylation is 1. The fraction of sp³-hybridized carbons (Fsp3) is 0.217. The minimum absolute atomic E-state index is 0.0863. The van der Waals surface area contributed by atoms with E-state index in [0.717, 1.165) is 26.8 Å². The molecule has 0 atom stereocenters. The van der Waals surface area contributed by atoms with Gasteiger partial charge < -0.3 is 10.1 Å². The molecule has 34 heavy (non-hydrogen) atoms. The summed E-state index contributed by atoms with van der Waals surface area (Å²) in [6, 6.07) is 13.8. The second-order valence-electron chi connectivity index (χ2n) is 7.02. The van der Waals surface area contributed by atoms with Crippen LogP contribution in [0.15, 0.2) is 52.9 Å². The van der Waals surface area contributed by atoms with Crippen LogP contribution >= 0.6 is 34.4 Å². The first kappa shape index (κ1) is 24.0. The van der Waals surface area contributed by atoms with Crippen LogP contribution in [0.4, 0.5) is 5.13 Å². The number of amides is 1. The van der Waals surface area contributed by atoms with Gasteiger partial charge in [-0.15, -0.1) is 32.9 Å². The molecule has 3 heterocycles. The summed E-state index contributed by atoms with van der Waals surface area (Å²) >= 11 is 4.13. The molecule has 174 valence electrons. The van der Waals surface area contributed by atoms with Crippen LogP contribution in [0, 0.1) is 6.92 Å². The summed E-state index contributed by atoms with van der Waals surface area (Å²) in [5, 5.41) is 15.1. The zero-order chi connectivity index (χ0) is 23.9. The first-order chi connectivity index (χ1) is 16.5. The molecule has 1 amide bonds. The van der Waals surface area contributed by atoms with Gasteiger partial charge in [0.25, 0.3) is 0 Å². The minimum atomic E-state index is -0.340. The molecule has 0 unspecified atom stereocenters. The average Bonchev–Trinajstić information content (AvgIpc) is 3.45. The fourth-order valence-corrected chi connectivity index (χ4v) is 5.33. The predicted octanol–water partition coefficient (Wildman–Crippen LogP) is 4.87. The number of thiazole rings is 2.